The lowest BCUT2D eigenvalue weighted by atomic mass is 10.0. The number of carbonyl (C=O) groups is 2. The number of aromatic hydroxyl groups is 2. The number of phenols is 1. The highest BCUT2D eigenvalue weighted by atomic mass is 32.1. The SMILES string of the molecule is COc1cc(CCc2ccc(NC(=O)C(=O)c3sc4ccccc4c3O)cc2)ccc1O. The summed E-state index contributed by atoms with van der Waals surface area (Å²) < 4.78 is 5.88. The minimum Gasteiger partial charge on any atom is -0.506 e. The maximum atomic E-state index is 12.6. The number of benzene rings is 3. The summed E-state index contributed by atoms with van der Waals surface area (Å²) in [4.78, 5) is 25.0. The Hall–Kier alpha value is -3.84. The van der Waals surface area contributed by atoms with Gasteiger partial charge in [-0.2, -0.15) is 0 Å². The maximum Gasteiger partial charge on any atom is 0.297 e. The van der Waals surface area contributed by atoms with Gasteiger partial charge >= 0.3 is 0 Å². The smallest absolute Gasteiger partial charge is 0.297 e. The van der Waals surface area contributed by atoms with Crippen LogP contribution in [0.1, 0.15) is 20.8 Å². The molecule has 0 spiro atoms. The second kappa shape index (κ2) is 9.11. The summed E-state index contributed by atoms with van der Waals surface area (Å²) in [6.45, 7) is 0. The lowest BCUT2D eigenvalue weighted by Gasteiger charge is -2.08. The summed E-state index contributed by atoms with van der Waals surface area (Å²) in [6.07, 6.45) is 1.52. The molecule has 162 valence electrons. The molecule has 0 saturated carbocycles. The van der Waals surface area contributed by atoms with Gasteiger partial charge in [0.05, 0.1) is 7.11 Å². The summed E-state index contributed by atoms with van der Waals surface area (Å²) in [5, 5.41) is 23.1. The Morgan fingerprint density at radius 2 is 1.62 bits per heavy atom. The minimum atomic E-state index is -0.796. The number of carbonyl (C=O) groups excluding carboxylic acids is 2. The van der Waals surface area contributed by atoms with Crippen molar-refractivity contribution in [3.8, 4) is 17.2 Å². The number of fused-ring (bicyclic) bond motifs is 1. The van der Waals surface area contributed by atoms with Gasteiger partial charge in [0, 0.05) is 15.8 Å². The zero-order valence-corrected chi connectivity index (χ0v) is 18.1. The predicted octanol–water partition coefficient (Wildman–Crippen LogP) is 4.93. The van der Waals surface area contributed by atoms with Crippen LogP contribution in [0.3, 0.4) is 0 Å². The van der Waals surface area contributed by atoms with Crippen LogP contribution in [0.2, 0.25) is 0 Å². The monoisotopic (exact) mass is 447 g/mol. The van der Waals surface area contributed by atoms with Crippen LogP contribution in [0, 0.1) is 0 Å². The zero-order valence-electron chi connectivity index (χ0n) is 17.3. The molecule has 0 aliphatic carbocycles. The molecular formula is C25H21NO5S. The number of hydrogen-bond acceptors (Lipinski definition) is 6. The molecule has 0 fully saturated rings. The van der Waals surface area contributed by atoms with E-state index in [1.165, 1.54) is 7.11 Å². The van der Waals surface area contributed by atoms with Crippen molar-refractivity contribution in [2.24, 2.45) is 0 Å². The van der Waals surface area contributed by atoms with Crippen LogP contribution in [-0.2, 0) is 17.6 Å². The molecule has 1 amide bonds. The molecule has 0 aliphatic heterocycles. The number of amides is 1. The highest BCUT2D eigenvalue weighted by molar-refractivity contribution is 7.22. The molecule has 0 bridgehead atoms. The van der Waals surface area contributed by atoms with Crippen LogP contribution in [0.25, 0.3) is 10.1 Å². The van der Waals surface area contributed by atoms with Gasteiger partial charge in [0.2, 0.25) is 0 Å². The van der Waals surface area contributed by atoms with Crippen molar-refractivity contribution < 1.29 is 24.5 Å². The van der Waals surface area contributed by atoms with Crippen molar-refractivity contribution >= 4 is 38.8 Å². The summed E-state index contributed by atoms with van der Waals surface area (Å²) in [5.41, 5.74) is 2.59. The van der Waals surface area contributed by atoms with E-state index in [-0.39, 0.29) is 16.4 Å². The normalized spacial score (nSPS) is 10.8. The Bertz CT molecular complexity index is 1290. The number of methoxy groups -OCH3 is 1. The Morgan fingerprint density at radius 1 is 0.938 bits per heavy atom. The van der Waals surface area contributed by atoms with Gasteiger partial charge in [0.15, 0.2) is 11.5 Å². The highest BCUT2D eigenvalue weighted by Gasteiger charge is 2.24. The molecule has 3 aromatic carbocycles. The highest BCUT2D eigenvalue weighted by Crippen LogP contribution is 2.37. The third kappa shape index (κ3) is 4.43. The average Bonchev–Trinajstić information content (AvgIpc) is 3.15. The molecule has 0 unspecified atom stereocenters. The lowest BCUT2D eigenvalue weighted by Crippen LogP contribution is -2.22. The molecule has 7 heteroatoms. The molecule has 32 heavy (non-hydrogen) atoms. The second-order valence-corrected chi connectivity index (χ2v) is 8.31. The van der Waals surface area contributed by atoms with Crippen molar-refractivity contribution in [2.45, 2.75) is 12.8 Å². The number of aryl methyl sites for hydroxylation is 2. The van der Waals surface area contributed by atoms with E-state index in [9.17, 15) is 19.8 Å². The summed E-state index contributed by atoms with van der Waals surface area (Å²) in [6, 6.07) is 19.6. The fourth-order valence-electron chi connectivity index (χ4n) is 3.40. The summed E-state index contributed by atoms with van der Waals surface area (Å²) in [5.74, 6) is -1.18. The lowest BCUT2D eigenvalue weighted by molar-refractivity contribution is -0.112. The van der Waals surface area contributed by atoms with Gasteiger partial charge < -0.3 is 20.3 Å². The maximum absolute atomic E-state index is 12.6. The third-order valence-electron chi connectivity index (χ3n) is 5.14. The Kier molecular flexibility index (Phi) is 6.09. The van der Waals surface area contributed by atoms with E-state index in [4.69, 9.17) is 4.74 Å². The predicted molar refractivity (Wildman–Crippen MR) is 125 cm³/mol. The van der Waals surface area contributed by atoms with E-state index in [1.54, 1.807) is 42.5 Å². The number of ether oxygens (including phenoxy) is 1. The van der Waals surface area contributed by atoms with Crippen LogP contribution in [0.15, 0.2) is 66.7 Å². The first-order valence-corrected chi connectivity index (χ1v) is 10.8. The molecular weight excluding hydrogens is 426 g/mol. The molecule has 0 aliphatic rings. The number of rotatable bonds is 7. The van der Waals surface area contributed by atoms with Gasteiger partial charge in [-0.1, -0.05) is 30.3 Å². The molecule has 6 nitrogen and oxygen atoms in total. The Balaban J connectivity index is 1.39. The largest absolute Gasteiger partial charge is 0.506 e. The van der Waals surface area contributed by atoms with Gasteiger partial charge in [-0.3, -0.25) is 9.59 Å². The van der Waals surface area contributed by atoms with Gasteiger partial charge in [0.1, 0.15) is 10.6 Å². The van der Waals surface area contributed by atoms with E-state index < -0.39 is 11.7 Å². The minimum absolute atomic E-state index is 0.0321. The quantitative estimate of drug-likeness (QED) is 0.276. The number of thiophene rings is 1. The molecule has 1 heterocycles. The standard InChI is InChI=1S/C25H21NO5S/c1-31-20-14-16(10-13-19(20)27)7-6-15-8-11-17(12-9-15)26-25(30)23(29)24-22(28)18-4-2-3-5-21(18)32-24/h2-5,8-14,27-28H,6-7H2,1H3,(H,26,30). The van der Waals surface area contributed by atoms with Gasteiger partial charge in [-0.05, 0) is 60.4 Å². The number of hydrogen-bond donors (Lipinski definition) is 3. The van der Waals surface area contributed by atoms with E-state index in [0.717, 1.165) is 40.0 Å². The van der Waals surface area contributed by atoms with Crippen LogP contribution in [-0.4, -0.2) is 29.0 Å². The zero-order chi connectivity index (χ0) is 22.7. The first-order valence-electron chi connectivity index (χ1n) is 9.97. The Morgan fingerprint density at radius 3 is 2.34 bits per heavy atom. The fourth-order valence-corrected chi connectivity index (χ4v) is 4.43. The number of nitrogens with one attached hydrogen (secondary N) is 1. The number of phenolic OH excluding ortho intramolecular Hbond substituents is 1. The molecule has 3 N–H and O–H groups in total. The first-order chi connectivity index (χ1) is 15.5. The van der Waals surface area contributed by atoms with Crippen molar-refractivity contribution in [3.63, 3.8) is 0 Å². The third-order valence-corrected chi connectivity index (χ3v) is 6.30. The van der Waals surface area contributed by atoms with Crippen LogP contribution >= 0.6 is 11.3 Å². The van der Waals surface area contributed by atoms with Gasteiger partial charge in [-0.25, -0.2) is 0 Å². The van der Waals surface area contributed by atoms with Crippen molar-refractivity contribution in [1.82, 2.24) is 0 Å². The molecule has 0 atom stereocenters. The van der Waals surface area contributed by atoms with Gasteiger partial charge in [-0.15, -0.1) is 11.3 Å². The average molecular weight is 448 g/mol. The summed E-state index contributed by atoms with van der Waals surface area (Å²) >= 11 is 1.10. The van der Waals surface area contributed by atoms with E-state index >= 15 is 0 Å². The van der Waals surface area contributed by atoms with Crippen molar-refractivity contribution in [2.75, 3.05) is 12.4 Å². The van der Waals surface area contributed by atoms with Crippen LogP contribution in [0.4, 0.5) is 5.69 Å². The van der Waals surface area contributed by atoms with Gasteiger partial charge in [0.25, 0.3) is 11.7 Å². The summed E-state index contributed by atoms with van der Waals surface area (Å²) in [7, 11) is 1.51. The Labute approximate surface area is 188 Å². The van der Waals surface area contributed by atoms with Crippen LogP contribution in [0.5, 0.6) is 17.2 Å². The van der Waals surface area contributed by atoms with Crippen molar-refractivity contribution in [3.05, 3.63) is 82.7 Å². The molecule has 1 aromatic heterocycles. The number of ketones is 1. The fraction of sp³-hybridized carbons (Fsp3) is 0.120. The van der Waals surface area contributed by atoms with E-state index in [1.807, 2.05) is 24.3 Å². The number of anilines is 1. The first kappa shape index (κ1) is 21.4. The van der Waals surface area contributed by atoms with E-state index in [2.05, 4.69) is 5.32 Å². The van der Waals surface area contributed by atoms with Crippen LogP contribution < -0.4 is 10.1 Å². The topological polar surface area (TPSA) is 95.9 Å². The molecule has 0 saturated heterocycles. The van der Waals surface area contributed by atoms with E-state index in [0.29, 0.717) is 16.8 Å². The molecule has 4 aromatic rings. The molecule has 0 radical (unpaired) electrons. The van der Waals surface area contributed by atoms with Crippen molar-refractivity contribution in [1.29, 1.82) is 0 Å². The number of Topliss-reactive ketones (excluding diaryl/α,β-unsaturated/α-hetero) is 1. The molecule has 4 rings (SSSR count). The second-order valence-electron chi connectivity index (χ2n) is 7.26.